The van der Waals surface area contributed by atoms with Crippen molar-refractivity contribution < 1.29 is 23.8 Å². The molecule has 0 radical (unpaired) electrons. The van der Waals surface area contributed by atoms with Crippen molar-refractivity contribution >= 4 is 11.9 Å². The number of carbonyl (C=O) groups excluding carboxylic acids is 1. The average Bonchev–Trinajstić information content (AvgIpc) is 2.35. The number of carboxylic acids is 1. The molecule has 0 heterocycles. The zero-order chi connectivity index (χ0) is 14.4. The first kappa shape index (κ1) is 15.1. The third-order valence-corrected chi connectivity index (χ3v) is 2.59. The summed E-state index contributed by atoms with van der Waals surface area (Å²) in [6.45, 7) is 2.27. The number of carboxylic acid groups (broad SMARTS) is 1. The molecule has 104 valence electrons. The maximum atomic E-state index is 13.6. The van der Waals surface area contributed by atoms with Crippen LogP contribution in [-0.4, -0.2) is 36.7 Å². The minimum absolute atomic E-state index is 0.161. The Morgan fingerprint density at radius 2 is 2.16 bits per heavy atom. The molecule has 1 amide bonds. The van der Waals surface area contributed by atoms with E-state index in [1.165, 1.54) is 6.07 Å². The molecule has 0 aliphatic heterocycles. The van der Waals surface area contributed by atoms with Crippen LogP contribution in [0.4, 0.5) is 4.39 Å². The largest absolute Gasteiger partial charge is 0.478 e. The van der Waals surface area contributed by atoms with Crippen molar-refractivity contribution in [3.05, 3.63) is 35.1 Å². The summed E-state index contributed by atoms with van der Waals surface area (Å²) in [7, 11) is 1.55. The molecule has 1 aromatic rings. The van der Waals surface area contributed by atoms with Crippen LogP contribution in [0, 0.1) is 5.82 Å². The number of hydrogen-bond acceptors (Lipinski definition) is 3. The number of nitrogens with one attached hydrogen (secondary N) is 1. The van der Waals surface area contributed by atoms with Gasteiger partial charge >= 0.3 is 5.97 Å². The normalized spacial score (nSPS) is 11.9. The second kappa shape index (κ2) is 6.84. The molecule has 0 saturated carbocycles. The fraction of sp³-hybridized carbons (Fsp3) is 0.385. The Bertz CT molecular complexity index is 476. The maximum absolute atomic E-state index is 13.6. The first-order chi connectivity index (χ1) is 8.95. The molecule has 19 heavy (non-hydrogen) atoms. The Morgan fingerprint density at radius 1 is 1.47 bits per heavy atom. The lowest BCUT2D eigenvalue weighted by molar-refractivity contribution is 0.0695. The van der Waals surface area contributed by atoms with E-state index >= 15 is 0 Å². The predicted molar refractivity (Wildman–Crippen MR) is 66.8 cm³/mol. The molecule has 0 spiro atoms. The van der Waals surface area contributed by atoms with Gasteiger partial charge in [0.25, 0.3) is 5.91 Å². The van der Waals surface area contributed by atoms with Gasteiger partial charge in [-0.3, -0.25) is 4.79 Å². The van der Waals surface area contributed by atoms with Crippen molar-refractivity contribution in [2.45, 2.75) is 19.4 Å². The summed E-state index contributed by atoms with van der Waals surface area (Å²) < 4.78 is 18.5. The van der Waals surface area contributed by atoms with Crippen LogP contribution in [0.2, 0.25) is 0 Å². The third kappa shape index (κ3) is 4.33. The van der Waals surface area contributed by atoms with E-state index in [9.17, 15) is 14.0 Å². The minimum Gasteiger partial charge on any atom is -0.478 e. The number of amides is 1. The lowest BCUT2D eigenvalue weighted by Gasteiger charge is -2.13. The SMILES string of the molecule is COCCC(C)NC(=O)c1ccc(C(=O)O)cc1F. The Morgan fingerprint density at radius 3 is 2.68 bits per heavy atom. The highest BCUT2D eigenvalue weighted by molar-refractivity contribution is 5.96. The fourth-order valence-electron chi connectivity index (χ4n) is 1.50. The molecule has 0 saturated heterocycles. The molecule has 5 nitrogen and oxygen atoms in total. The number of rotatable bonds is 6. The molecule has 0 aliphatic rings. The van der Waals surface area contributed by atoms with Gasteiger partial charge in [0, 0.05) is 19.8 Å². The van der Waals surface area contributed by atoms with Gasteiger partial charge in [-0.1, -0.05) is 0 Å². The van der Waals surface area contributed by atoms with Crippen LogP contribution in [0.1, 0.15) is 34.1 Å². The predicted octanol–water partition coefficient (Wildman–Crippen LogP) is 1.68. The Kier molecular flexibility index (Phi) is 5.44. The van der Waals surface area contributed by atoms with E-state index in [-0.39, 0.29) is 17.2 Å². The van der Waals surface area contributed by atoms with E-state index in [1.807, 2.05) is 0 Å². The van der Waals surface area contributed by atoms with E-state index in [0.717, 1.165) is 12.1 Å². The van der Waals surface area contributed by atoms with Crippen LogP contribution in [0.15, 0.2) is 18.2 Å². The lowest BCUT2D eigenvalue weighted by atomic mass is 10.1. The second-order valence-corrected chi connectivity index (χ2v) is 4.16. The number of benzene rings is 1. The van der Waals surface area contributed by atoms with E-state index in [2.05, 4.69) is 5.32 Å². The molecular weight excluding hydrogens is 253 g/mol. The van der Waals surface area contributed by atoms with Crippen molar-refractivity contribution in [2.75, 3.05) is 13.7 Å². The van der Waals surface area contributed by atoms with Crippen molar-refractivity contribution in [3.63, 3.8) is 0 Å². The van der Waals surface area contributed by atoms with Gasteiger partial charge in [-0.15, -0.1) is 0 Å². The standard InChI is InChI=1S/C13H16FNO4/c1-8(5-6-19-2)15-12(16)10-4-3-9(13(17)18)7-11(10)14/h3-4,7-8H,5-6H2,1-2H3,(H,15,16)(H,17,18). The molecule has 2 N–H and O–H groups in total. The molecule has 0 aliphatic carbocycles. The summed E-state index contributed by atoms with van der Waals surface area (Å²) in [5, 5.41) is 11.3. The quantitative estimate of drug-likeness (QED) is 0.823. The van der Waals surface area contributed by atoms with Crippen molar-refractivity contribution in [2.24, 2.45) is 0 Å². The summed E-state index contributed by atoms with van der Waals surface area (Å²) >= 11 is 0. The summed E-state index contributed by atoms with van der Waals surface area (Å²) in [5.74, 6) is -2.66. The third-order valence-electron chi connectivity index (χ3n) is 2.59. The number of halogens is 1. The highest BCUT2D eigenvalue weighted by atomic mass is 19.1. The maximum Gasteiger partial charge on any atom is 0.335 e. The zero-order valence-electron chi connectivity index (χ0n) is 10.8. The Balaban J connectivity index is 2.74. The fourth-order valence-corrected chi connectivity index (χ4v) is 1.50. The van der Waals surface area contributed by atoms with Gasteiger partial charge in [0.15, 0.2) is 0 Å². The molecule has 0 bridgehead atoms. The molecule has 0 fully saturated rings. The van der Waals surface area contributed by atoms with E-state index in [1.54, 1.807) is 14.0 Å². The van der Waals surface area contributed by atoms with Crippen molar-refractivity contribution in [1.29, 1.82) is 0 Å². The van der Waals surface area contributed by atoms with Gasteiger partial charge < -0.3 is 15.2 Å². The van der Waals surface area contributed by atoms with Crippen LogP contribution >= 0.6 is 0 Å². The first-order valence-electron chi connectivity index (χ1n) is 5.78. The van der Waals surface area contributed by atoms with Crippen molar-refractivity contribution in [1.82, 2.24) is 5.32 Å². The van der Waals surface area contributed by atoms with Gasteiger partial charge in [-0.25, -0.2) is 9.18 Å². The number of aromatic carboxylic acids is 1. The Hall–Kier alpha value is -1.95. The van der Waals surface area contributed by atoms with Crippen LogP contribution < -0.4 is 5.32 Å². The van der Waals surface area contributed by atoms with Crippen LogP contribution in [0.25, 0.3) is 0 Å². The van der Waals surface area contributed by atoms with E-state index in [4.69, 9.17) is 9.84 Å². The highest BCUT2D eigenvalue weighted by Gasteiger charge is 2.16. The van der Waals surface area contributed by atoms with Crippen LogP contribution in [-0.2, 0) is 4.74 Å². The lowest BCUT2D eigenvalue weighted by Crippen LogP contribution is -2.33. The number of hydrogen-bond donors (Lipinski definition) is 2. The minimum atomic E-state index is -1.24. The summed E-state index contributed by atoms with van der Waals surface area (Å²) in [6, 6.07) is 3.03. The molecular formula is C13H16FNO4. The van der Waals surface area contributed by atoms with Gasteiger partial charge in [0.2, 0.25) is 0 Å². The van der Waals surface area contributed by atoms with Crippen LogP contribution in [0.3, 0.4) is 0 Å². The first-order valence-corrected chi connectivity index (χ1v) is 5.78. The Labute approximate surface area is 110 Å². The number of ether oxygens (including phenoxy) is 1. The van der Waals surface area contributed by atoms with E-state index < -0.39 is 17.7 Å². The molecule has 1 aromatic carbocycles. The monoisotopic (exact) mass is 269 g/mol. The topological polar surface area (TPSA) is 75.6 Å². The smallest absolute Gasteiger partial charge is 0.335 e. The average molecular weight is 269 g/mol. The van der Waals surface area contributed by atoms with Gasteiger partial charge in [0.05, 0.1) is 11.1 Å². The van der Waals surface area contributed by atoms with Crippen molar-refractivity contribution in [3.8, 4) is 0 Å². The summed E-state index contributed by atoms with van der Waals surface area (Å²) in [4.78, 5) is 22.4. The highest BCUT2D eigenvalue weighted by Crippen LogP contribution is 2.11. The number of methoxy groups -OCH3 is 1. The van der Waals surface area contributed by atoms with Crippen LogP contribution in [0.5, 0.6) is 0 Å². The zero-order valence-corrected chi connectivity index (χ0v) is 10.8. The molecule has 0 aromatic heterocycles. The summed E-state index contributed by atoms with van der Waals surface area (Å²) in [5.41, 5.74) is -0.365. The second-order valence-electron chi connectivity index (χ2n) is 4.16. The molecule has 1 rings (SSSR count). The van der Waals surface area contributed by atoms with Gasteiger partial charge in [-0.05, 0) is 31.5 Å². The van der Waals surface area contributed by atoms with E-state index in [0.29, 0.717) is 13.0 Å². The van der Waals surface area contributed by atoms with Gasteiger partial charge in [0.1, 0.15) is 5.82 Å². The molecule has 6 heteroatoms. The number of carbonyl (C=O) groups is 2. The van der Waals surface area contributed by atoms with Gasteiger partial charge in [-0.2, -0.15) is 0 Å². The molecule has 1 unspecified atom stereocenters. The summed E-state index contributed by atoms with van der Waals surface area (Å²) in [6.07, 6.45) is 0.608. The molecule has 1 atom stereocenters.